The summed E-state index contributed by atoms with van der Waals surface area (Å²) >= 11 is 5.69. The number of carboxylic acid groups (broad SMARTS) is 1. The largest absolute Gasteiger partial charge is 0.573 e. The number of para-hydroxylation sites is 1. The quantitative estimate of drug-likeness (QED) is 0.869. The smallest absolute Gasteiger partial charge is 0.478 e. The fourth-order valence-corrected chi connectivity index (χ4v) is 1.86. The molecule has 1 heterocycles. The third-order valence-electron chi connectivity index (χ3n) is 2.43. The van der Waals surface area contributed by atoms with Gasteiger partial charge >= 0.3 is 12.3 Å². The molecule has 0 saturated carbocycles. The molecule has 0 aliphatic heterocycles. The van der Waals surface area contributed by atoms with Crippen molar-refractivity contribution in [2.24, 2.45) is 0 Å². The molecule has 4 nitrogen and oxygen atoms in total. The second-order valence-electron chi connectivity index (χ2n) is 3.91. The second-order valence-corrected chi connectivity index (χ2v) is 4.30. The Hall–Kier alpha value is -2.28. The fraction of sp³-hybridized carbons (Fsp3) is 0.0769. The van der Waals surface area contributed by atoms with Crippen LogP contribution in [0.25, 0.3) is 11.3 Å². The van der Waals surface area contributed by atoms with Gasteiger partial charge in [-0.25, -0.2) is 9.78 Å². The average molecular weight is 318 g/mol. The van der Waals surface area contributed by atoms with Crippen LogP contribution in [0.4, 0.5) is 13.2 Å². The molecule has 21 heavy (non-hydrogen) atoms. The molecule has 0 aliphatic carbocycles. The van der Waals surface area contributed by atoms with E-state index in [1.807, 2.05) is 0 Å². The van der Waals surface area contributed by atoms with Gasteiger partial charge in [-0.1, -0.05) is 23.7 Å². The lowest BCUT2D eigenvalue weighted by Crippen LogP contribution is -2.17. The number of ether oxygens (including phenoxy) is 1. The van der Waals surface area contributed by atoms with Gasteiger partial charge < -0.3 is 9.84 Å². The molecule has 110 valence electrons. The summed E-state index contributed by atoms with van der Waals surface area (Å²) < 4.78 is 41.0. The summed E-state index contributed by atoms with van der Waals surface area (Å²) in [5.74, 6) is -1.76. The first-order valence-corrected chi connectivity index (χ1v) is 5.90. The molecule has 0 atom stereocenters. The van der Waals surface area contributed by atoms with Crippen LogP contribution >= 0.6 is 11.6 Å². The van der Waals surface area contributed by atoms with Gasteiger partial charge in [0.2, 0.25) is 0 Å². The maximum absolute atomic E-state index is 12.4. The lowest BCUT2D eigenvalue weighted by Gasteiger charge is -2.13. The van der Waals surface area contributed by atoms with Crippen LogP contribution in [-0.2, 0) is 0 Å². The zero-order valence-corrected chi connectivity index (χ0v) is 10.9. The van der Waals surface area contributed by atoms with Gasteiger partial charge in [-0.05, 0) is 24.3 Å². The van der Waals surface area contributed by atoms with Gasteiger partial charge in [0, 0.05) is 5.56 Å². The van der Waals surface area contributed by atoms with Crippen LogP contribution in [-0.4, -0.2) is 22.4 Å². The Labute approximate surface area is 121 Å². The zero-order chi connectivity index (χ0) is 15.6. The van der Waals surface area contributed by atoms with Crippen LogP contribution in [0.3, 0.4) is 0 Å². The zero-order valence-electron chi connectivity index (χ0n) is 10.2. The minimum absolute atomic E-state index is 0.0141. The summed E-state index contributed by atoms with van der Waals surface area (Å²) in [6, 6.07) is 7.47. The number of benzene rings is 1. The Bertz CT molecular complexity index is 689. The number of alkyl halides is 3. The number of hydrogen-bond donors (Lipinski definition) is 1. The maximum atomic E-state index is 12.4. The van der Waals surface area contributed by atoms with Crippen LogP contribution < -0.4 is 4.74 Å². The highest BCUT2D eigenvalue weighted by Crippen LogP contribution is 2.33. The van der Waals surface area contributed by atoms with Gasteiger partial charge in [0.15, 0.2) is 0 Å². The van der Waals surface area contributed by atoms with E-state index in [1.165, 1.54) is 18.2 Å². The van der Waals surface area contributed by atoms with Crippen LogP contribution in [0.15, 0.2) is 36.4 Å². The van der Waals surface area contributed by atoms with Crippen LogP contribution in [0, 0.1) is 0 Å². The molecular formula is C13H7ClF3NO3. The molecule has 8 heteroatoms. The normalized spacial score (nSPS) is 11.2. The molecule has 0 bridgehead atoms. The van der Waals surface area contributed by atoms with E-state index >= 15 is 0 Å². The van der Waals surface area contributed by atoms with E-state index in [2.05, 4.69) is 9.72 Å². The molecule has 0 unspecified atom stereocenters. The summed E-state index contributed by atoms with van der Waals surface area (Å²) in [5, 5.41) is 8.79. The predicted octanol–water partition coefficient (Wildman–Crippen LogP) is 4.00. The first-order valence-electron chi connectivity index (χ1n) is 5.52. The highest BCUT2D eigenvalue weighted by Gasteiger charge is 2.32. The van der Waals surface area contributed by atoms with Crippen molar-refractivity contribution in [1.82, 2.24) is 4.98 Å². The number of nitrogens with zero attached hydrogens (tertiary/aromatic N) is 1. The van der Waals surface area contributed by atoms with E-state index in [-0.39, 0.29) is 22.0 Å². The van der Waals surface area contributed by atoms with Gasteiger partial charge in [-0.3, -0.25) is 0 Å². The third-order valence-corrected chi connectivity index (χ3v) is 2.62. The summed E-state index contributed by atoms with van der Waals surface area (Å²) in [6.07, 6.45) is -4.87. The Morgan fingerprint density at radius 2 is 1.90 bits per heavy atom. The lowest BCUT2D eigenvalue weighted by atomic mass is 10.1. The topological polar surface area (TPSA) is 59.4 Å². The van der Waals surface area contributed by atoms with E-state index in [0.717, 1.165) is 18.2 Å². The Balaban J connectivity index is 2.54. The van der Waals surface area contributed by atoms with Crippen molar-refractivity contribution in [3.05, 3.63) is 47.1 Å². The molecule has 1 N–H and O–H groups in total. The van der Waals surface area contributed by atoms with E-state index in [4.69, 9.17) is 16.7 Å². The summed E-state index contributed by atoms with van der Waals surface area (Å²) in [6.45, 7) is 0. The number of carbonyl (C=O) groups is 1. The molecule has 0 saturated heterocycles. The minimum atomic E-state index is -4.87. The standard InChI is InChI=1S/C13H7ClF3NO3/c14-11-6-7(12(19)20)5-9(18-11)8-3-1-2-4-10(8)21-13(15,16)17/h1-6H,(H,19,20). The maximum Gasteiger partial charge on any atom is 0.573 e. The molecule has 1 aromatic carbocycles. The lowest BCUT2D eigenvalue weighted by molar-refractivity contribution is -0.274. The SMILES string of the molecule is O=C(O)c1cc(Cl)nc(-c2ccccc2OC(F)(F)F)c1. The van der Waals surface area contributed by atoms with Gasteiger partial charge in [-0.15, -0.1) is 13.2 Å². The molecule has 0 amide bonds. The van der Waals surface area contributed by atoms with Crippen LogP contribution in [0.1, 0.15) is 10.4 Å². The van der Waals surface area contributed by atoms with Crippen molar-refractivity contribution in [3.8, 4) is 17.0 Å². The van der Waals surface area contributed by atoms with E-state index < -0.39 is 18.1 Å². The number of pyridine rings is 1. The van der Waals surface area contributed by atoms with Gasteiger partial charge in [0.1, 0.15) is 10.9 Å². The van der Waals surface area contributed by atoms with Gasteiger partial charge in [-0.2, -0.15) is 0 Å². The first-order chi connectivity index (χ1) is 9.76. The Kier molecular flexibility index (Phi) is 4.04. The van der Waals surface area contributed by atoms with E-state index in [9.17, 15) is 18.0 Å². The molecular weight excluding hydrogens is 311 g/mol. The van der Waals surface area contributed by atoms with Crippen molar-refractivity contribution < 1.29 is 27.8 Å². The van der Waals surface area contributed by atoms with E-state index in [1.54, 1.807) is 0 Å². The van der Waals surface area contributed by atoms with Crippen LogP contribution in [0.5, 0.6) is 5.75 Å². The highest BCUT2D eigenvalue weighted by molar-refractivity contribution is 6.29. The van der Waals surface area contributed by atoms with E-state index in [0.29, 0.717) is 0 Å². The molecule has 0 spiro atoms. The molecule has 0 radical (unpaired) electrons. The monoisotopic (exact) mass is 317 g/mol. The molecule has 2 aromatic rings. The van der Waals surface area contributed by atoms with Gasteiger partial charge in [0.05, 0.1) is 11.3 Å². The molecule has 0 aliphatic rings. The number of halogens is 4. The summed E-state index contributed by atoms with van der Waals surface area (Å²) in [7, 11) is 0. The fourth-order valence-electron chi connectivity index (χ4n) is 1.65. The number of rotatable bonds is 3. The van der Waals surface area contributed by atoms with Crippen molar-refractivity contribution >= 4 is 17.6 Å². The van der Waals surface area contributed by atoms with Crippen molar-refractivity contribution in [2.75, 3.05) is 0 Å². The van der Waals surface area contributed by atoms with Crippen molar-refractivity contribution in [1.29, 1.82) is 0 Å². The number of aromatic carboxylic acids is 1. The van der Waals surface area contributed by atoms with Crippen LogP contribution in [0.2, 0.25) is 5.15 Å². The Morgan fingerprint density at radius 3 is 2.52 bits per heavy atom. The first kappa shape index (κ1) is 15.1. The number of carboxylic acids is 1. The van der Waals surface area contributed by atoms with Gasteiger partial charge in [0.25, 0.3) is 0 Å². The molecule has 1 aromatic heterocycles. The number of hydrogen-bond acceptors (Lipinski definition) is 3. The second kappa shape index (κ2) is 5.61. The summed E-state index contributed by atoms with van der Waals surface area (Å²) in [5.41, 5.74) is -0.230. The average Bonchev–Trinajstić information content (AvgIpc) is 2.36. The molecule has 0 fully saturated rings. The van der Waals surface area contributed by atoms with Crippen molar-refractivity contribution in [3.63, 3.8) is 0 Å². The Morgan fingerprint density at radius 1 is 1.24 bits per heavy atom. The predicted molar refractivity (Wildman–Crippen MR) is 68.3 cm³/mol. The van der Waals surface area contributed by atoms with Crippen molar-refractivity contribution in [2.45, 2.75) is 6.36 Å². The minimum Gasteiger partial charge on any atom is -0.478 e. The summed E-state index contributed by atoms with van der Waals surface area (Å²) in [4.78, 5) is 14.8. The third kappa shape index (κ3) is 3.85. The highest BCUT2D eigenvalue weighted by atomic mass is 35.5. The number of aromatic nitrogens is 1. The molecule has 2 rings (SSSR count).